The van der Waals surface area contributed by atoms with Crippen molar-refractivity contribution in [3.8, 4) is 11.1 Å². The van der Waals surface area contributed by atoms with Crippen molar-refractivity contribution in [3.63, 3.8) is 0 Å². The molecule has 5 rings (SSSR count). The minimum Gasteiger partial charge on any atom is -0.292 e. The molecule has 1 amide bonds. The zero-order valence-corrected chi connectivity index (χ0v) is 17.5. The molecular weight excluding hydrogens is 388 g/mol. The van der Waals surface area contributed by atoms with Gasteiger partial charge < -0.3 is 0 Å². The van der Waals surface area contributed by atoms with Crippen LogP contribution >= 0.6 is 0 Å². The van der Waals surface area contributed by atoms with Gasteiger partial charge in [-0.05, 0) is 37.0 Å². The van der Waals surface area contributed by atoms with E-state index in [1.807, 2.05) is 32.0 Å². The number of aromatic nitrogens is 2. The van der Waals surface area contributed by atoms with Crippen molar-refractivity contribution in [3.05, 3.63) is 76.7 Å². The van der Waals surface area contributed by atoms with Crippen molar-refractivity contribution in [2.45, 2.75) is 33.2 Å². The SMILES string of the molecule is Cc1nc(C)c2c(n1)N(Cc1ccc(-c3ccccc3C3=NCN=N3)cc1)C(=O)CC2. The molecule has 3 aromatic rings. The first-order valence-corrected chi connectivity index (χ1v) is 10.4. The van der Waals surface area contributed by atoms with E-state index in [1.165, 1.54) is 0 Å². The summed E-state index contributed by atoms with van der Waals surface area (Å²) in [4.78, 5) is 27.9. The van der Waals surface area contributed by atoms with Gasteiger partial charge in [-0.15, -0.1) is 5.11 Å². The molecule has 7 heteroatoms. The first kappa shape index (κ1) is 19.2. The normalized spacial score (nSPS) is 15.2. The molecule has 154 valence electrons. The molecule has 0 saturated heterocycles. The number of benzene rings is 2. The van der Waals surface area contributed by atoms with Crippen LogP contribution in [-0.2, 0) is 17.8 Å². The summed E-state index contributed by atoms with van der Waals surface area (Å²) in [7, 11) is 0. The molecular formula is C24H22N6O. The average Bonchev–Trinajstić information content (AvgIpc) is 3.31. The third-order valence-corrected chi connectivity index (χ3v) is 5.67. The molecule has 0 saturated carbocycles. The summed E-state index contributed by atoms with van der Waals surface area (Å²) >= 11 is 0. The number of anilines is 1. The summed E-state index contributed by atoms with van der Waals surface area (Å²) in [5.41, 5.74) is 6.19. The molecule has 7 nitrogen and oxygen atoms in total. The van der Waals surface area contributed by atoms with Crippen molar-refractivity contribution < 1.29 is 4.79 Å². The second-order valence-electron chi connectivity index (χ2n) is 7.75. The van der Waals surface area contributed by atoms with E-state index >= 15 is 0 Å². The fraction of sp³-hybridized carbons (Fsp3) is 0.250. The van der Waals surface area contributed by atoms with Crippen LogP contribution in [-0.4, -0.2) is 28.4 Å². The smallest absolute Gasteiger partial charge is 0.228 e. The zero-order chi connectivity index (χ0) is 21.4. The number of hydrogen-bond acceptors (Lipinski definition) is 6. The standard InChI is InChI=1S/C24H22N6O/c1-15-19-11-12-22(31)30(24(19)28-16(2)27-15)13-17-7-9-18(10-8-17)20-5-3-4-6-21(20)23-25-14-26-29-23/h3-10H,11-14H2,1-2H3. The number of nitrogens with zero attached hydrogens (tertiary/aromatic N) is 6. The van der Waals surface area contributed by atoms with Crippen molar-refractivity contribution >= 4 is 17.6 Å². The number of carbonyl (C=O) groups excluding carboxylic acids is 1. The van der Waals surface area contributed by atoms with Crippen LogP contribution in [0.3, 0.4) is 0 Å². The van der Waals surface area contributed by atoms with Crippen LogP contribution in [0, 0.1) is 13.8 Å². The zero-order valence-electron chi connectivity index (χ0n) is 17.5. The van der Waals surface area contributed by atoms with Crippen molar-refractivity contribution in [1.82, 2.24) is 9.97 Å². The highest BCUT2D eigenvalue weighted by Gasteiger charge is 2.27. The van der Waals surface area contributed by atoms with E-state index in [4.69, 9.17) is 0 Å². The Morgan fingerprint density at radius 2 is 1.71 bits per heavy atom. The maximum Gasteiger partial charge on any atom is 0.228 e. The molecule has 0 aliphatic carbocycles. The van der Waals surface area contributed by atoms with Crippen LogP contribution in [0.1, 0.15) is 34.6 Å². The maximum absolute atomic E-state index is 12.7. The van der Waals surface area contributed by atoms with Gasteiger partial charge in [0, 0.05) is 23.2 Å². The first-order valence-electron chi connectivity index (χ1n) is 10.4. The van der Waals surface area contributed by atoms with Crippen LogP contribution in [0.15, 0.2) is 63.8 Å². The molecule has 0 N–H and O–H groups in total. The summed E-state index contributed by atoms with van der Waals surface area (Å²) < 4.78 is 0. The molecule has 2 aliphatic rings. The Morgan fingerprint density at radius 1 is 0.935 bits per heavy atom. The van der Waals surface area contributed by atoms with Crippen LogP contribution in [0.2, 0.25) is 0 Å². The van der Waals surface area contributed by atoms with Gasteiger partial charge in [0.1, 0.15) is 11.6 Å². The quantitative estimate of drug-likeness (QED) is 0.639. The molecule has 3 heterocycles. The topological polar surface area (TPSA) is 83.2 Å². The van der Waals surface area contributed by atoms with Gasteiger partial charge in [-0.1, -0.05) is 48.5 Å². The summed E-state index contributed by atoms with van der Waals surface area (Å²) in [5, 5.41) is 8.12. The van der Waals surface area contributed by atoms with E-state index in [2.05, 4.69) is 55.5 Å². The highest BCUT2D eigenvalue weighted by Crippen LogP contribution is 2.30. The number of aliphatic imine (C=N–C) groups is 1. The highest BCUT2D eigenvalue weighted by molar-refractivity contribution is 6.05. The number of azo groups is 1. The summed E-state index contributed by atoms with van der Waals surface area (Å²) in [6.45, 7) is 4.73. The molecule has 0 unspecified atom stereocenters. The number of rotatable bonds is 4. The first-order chi connectivity index (χ1) is 15.1. The molecule has 0 fully saturated rings. The van der Waals surface area contributed by atoms with E-state index in [9.17, 15) is 4.79 Å². The van der Waals surface area contributed by atoms with E-state index in [0.29, 0.717) is 37.7 Å². The molecule has 2 aliphatic heterocycles. The Kier molecular flexibility index (Phi) is 4.86. The van der Waals surface area contributed by atoms with E-state index < -0.39 is 0 Å². The molecule has 1 aromatic heterocycles. The predicted octanol–water partition coefficient (Wildman–Crippen LogP) is 4.41. The second kappa shape index (κ2) is 7.83. The number of amides is 1. The Morgan fingerprint density at radius 3 is 2.45 bits per heavy atom. The number of aryl methyl sites for hydroxylation is 2. The van der Waals surface area contributed by atoms with Gasteiger partial charge in [-0.3, -0.25) is 9.69 Å². The van der Waals surface area contributed by atoms with Gasteiger partial charge in [-0.2, -0.15) is 5.11 Å². The van der Waals surface area contributed by atoms with Gasteiger partial charge in [0.2, 0.25) is 5.91 Å². The van der Waals surface area contributed by atoms with Gasteiger partial charge >= 0.3 is 0 Å². The lowest BCUT2D eigenvalue weighted by Gasteiger charge is -2.29. The third-order valence-electron chi connectivity index (χ3n) is 5.67. The van der Waals surface area contributed by atoms with Gasteiger partial charge in [0.25, 0.3) is 0 Å². The lowest BCUT2D eigenvalue weighted by atomic mass is 9.97. The molecule has 0 bridgehead atoms. The fourth-order valence-electron chi connectivity index (χ4n) is 4.15. The lowest BCUT2D eigenvalue weighted by molar-refractivity contribution is -0.119. The van der Waals surface area contributed by atoms with E-state index in [1.54, 1.807) is 4.90 Å². The molecule has 0 radical (unpaired) electrons. The van der Waals surface area contributed by atoms with E-state index in [0.717, 1.165) is 39.3 Å². The van der Waals surface area contributed by atoms with Gasteiger partial charge in [0.05, 0.1) is 6.54 Å². The van der Waals surface area contributed by atoms with E-state index in [-0.39, 0.29) is 5.91 Å². The predicted molar refractivity (Wildman–Crippen MR) is 119 cm³/mol. The number of amidine groups is 1. The maximum atomic E-state index is 12.7. The summed E-state index contributed by atoms with van der Waals surface area (Å²) in [6.07, 6.45) is 1.19. The largest absolute Gasteiger partial charge is 0.292 e. The molecule has 0 spiro atoms. The Bertz CT molecular complexity index is 1230. The lowest BCUT2D eigenvalue weighted by Crippen LogP contribution is -2.36. The number of carbonyl (C=O) groups is 1. The summed E-state index contributed by atoms with van der Waals surface area (Å²) in [5.74, 6) is 2.21. The van der Waals surface area contributed by atoms with Crippen molar-refractivity contribution in [2.75, 3.05) is 11.6 Å². The second-order valence-corrected chi connectivity index (χ2v) is 7.75. The fourth-order valence-corrected chi connectivity index (χ4v) is 4.15. The Balaban J connectivity index is 1.44. The minimum atomic E-state index is 0.101. The molecule has 0 atom stereocenters. The average molecular weight is 410 g/mol. The Labute approximate surface area is 180 Å². The third kappa shape index (κ3) is 3.63. The van der Waals surface area contributed by atoms with Crippen LogP contribution in [0.4, 0.5) is 5.82 Å². The molecule has 31 heavy (non-hydrogen) atoms. The van der Waals surface area contributed by atoms with Gasteiger partial charge in [0.15, 0.2) is 12.5 Å². The monoisotopic (exact) mass is 410 g/mol. The van der Waals surface area contributed by atoms with Crippen LogP contribution < -0.4 is 4.90 Å². The van der Waals surface area contributed by atoms with Crippen LogP contribution in [0.5, 0.6) is 0 Å². The van der Waals surface area contributed by atoms with Gasteiger partial charge in [-0.25, -0.2) is 15.0 Å². The number of fused-ring (bicyclic) bond motifs is 1. The highest BCUT2D eigenvalue weighted by atomic mass is 16.2. The van der Waals surface area contributed by atoms with Crippen molar-refractivity contribution in [1.29, 1.82) is 0 Å². The Hall–Kier alpha value is -3.74. The molecule has 2 aromatic carbocycles. The minimum absolute atomic E-state index is 0.101. The van der Waals surface area contributed by atoms with Crippen LogP contribution in [0.25, 0.3) is 11.1 Å². The number of hydrogen-bond donors (Lipinski definition) is 0. The van der Waals surface area contributed by atoms with Crippen molar-refractivity contribution in [2.24, 2.45) is 15.2 Å². The summed E-state index contributed by atoms with van der Waals surface area (Å²) in [6, 6.07) is 16.3.